The van der Waals surface area contributed by atoms with E-state index in [-0.39, 0.29) is 11.7 Å². The van der Waals surface area contributed by atoms with E-state index in [1.807, 2.05) is 25.1 Å². The molecule has 2 rings (SSSR count). The lowest BCUT2D eigenvalue weighted by molar-refractivity contribution is 0.0944. The van der Waals surface area contributed by atoms with E-state index in [2.05, 4.69) is 15.4 Å². The number of nitrogens with zero attached hydrogens (tertiary/aromatic N) is 3. The Bertz CT molecular complexity index is 626. The van der Waals surface area contributed by atoms with Crippen LogP contribution < -0.4 is 11.1 Å². The first-order chi connectivity index (χ1) is 10.2. The van der Waals surface area contributed by atoms with Crippen molar-refractivity contribution < 1.29 is 4.79 Å². The number of hydrogen-bond donors (Lipinski definition) is 2. The molecule has 0 saturated carbocycles. The van der Waals surface area contributed by atoms with Gasteiger partial charge < -0.3 is 11.1 Å². The zero-order valence-electron chi connectivity index (χ0n) is 11.8. The molecule has 3 N–H and O–H groups in total. The van der Waals surface area contributed by atoms with E-state index in [9.17, 15) is 4.79 Å². The fourth-order valence-corrected chi connectivity index (χ4v) is 2.12. The Morgan fingerprint density at radius 1 is 1.43 bits per heavy atom. The number of aromatic nitrogens is 3. The summed E-state index contributed by atoms with van der Waals surface area (Å²) in [5, 5.41) is 7.51. The van der Waals surface area contributed by atoms with E-state index in [0.29, 0.717) is 36.0 Å². The van der Waals surface area contributed by atoms with Crippen molar-refractivity contribution in [3.8, 4) is 5.69 Å². The Hall–Kier alpha value is -1.92. The van der Waals surface area contributed by atoms with Crippen LogP contribution in [0.2, 0.25) is 5.02 Å². The van der Waals surface area contributed by atoms with Crippen molar-refractivity contribution in [2.75, 3.05) is 13.1 Å². The lowest BCUT2D eigenvalue weighted by atomic mass is 10.3. The summed E-state index contributed by atoms with van der Waals surface area (Å²) >= 11 is 6.20. The van der Waals surface area contributed by atoms with E-state index >= 15 is 0 Å². The molecule has 0 spiro atoms. The number of rotatable bonds is 6. The van der Waals surface area contributed by atoms with Gasteiger partial charge in [-0.05, 0) is 18.6 Å². The van der Waals surface area contributed by atoms with E-state index in [4.69, 9.17) is 17.3 Å². The first-order valence-corrected chi connectivity index (χ1v) is 7.24. The smallest absolute Gasteiger partial charge is 0.291 e. The molecule has 2 aromatic rings. The normalized spacial score (nSPS) is 10.6. The number of nitrogens with one attached hydrogen (secondary N) is 1. The zero-order valence-corrected chi connectivity index (χ0v) is 12.6. The molecule has 0 fully saturated rings. The second-order valence-corrected chi connectivity index (χ2v) is 4.92. The number of hydrogen-bond acceptors (Lipinski definition) is 4. The quantitative estimate of drug-likeness (QED) is 0.848. The summed E-state index contributed by atoms with van der Waals surface area (Å²) in [6.45, 7) is 2.81. The second-order valence-electron chi connectivity index (χ2n) is 4.51. The van der Waals surface area contributed by atoms with Gasteiger partial charge in [0, 0.05) is 19.5 Å². The maximum atomic E-state index is 12.0. The van der Waals surface area contributed by atoms with Gasteiger partial charge in [0.1, 0.15) is 5.82 Å². The highest BCUT2D eigenvalue weighted by molar-refractivity contribution is 6.32. The van der Waals surface area contributed by atoms with E-state index in [1.54, 1.807) is 10.7 Å². The van der Waals surface area contributed by atoms with Gasteiger partial charge in [-0.15, -0.1) is 5.10 Å². The van der Waals surface area contributed by atoms with Gasteiger partial charge in [-0.25, -0.2) is 9.67 Å². The highest BCUT2D eigenvalue weighted by Crippen LogP contribution is 2.21. The summed E-state index contributed by atoms with van der Waals surface area (Å²) in [6, 6.07) is 7.34. The van der Waals surface area contributed by atoms with Crippen LogP contribution in [0.25, 0.3) is 5.69 Å². The van der Waals surface area contributed by atoms with Gasteiger partial charge in [-0.2, -0.15) is 0 Å². The molecule has 0 atom stereocenters. The number of carbonyl (C=O) groups excluding carboxylic acids is 1. The molecule has 1 aromatic heterocycles. The van der Waals surface area contributed by atoms with Crippen molar-refractivity contribution in [1.29, 1.82) is 0 Å². The number of para-hydroxylation sites is 1. The monoisotopic (exact) mass is 307 g/mol. The Morgan fingerprint density at radius 2 is 2.19 bits per heavy atom. The minimum absolute atomic E-state index is 0.131. The standard InChI is InChI=1S/C14H18ClN5O/c1-2-5-12-18-13(14(21)17-9-8-16)19-20(12)11-7-4-3-6-10(11)15/h3-4,6-7H,2,5,8-9,16H2,1H3,(H,17,21). The number of benzene rings is 1. The fourth-order valence-electron chi connectivity index (χ4n) is 1.91. The molecule has 0 bridgehead atoms. The average molecular weight is 308 g/mol. The maximum Gasteiger partial charge on any atom is 0.291 e. The number of halogens is 1. The predicted molar refractivity (Wildman–Crippen MR) is 81.8 cm³/mol. The van der Waals surface area contributed by atoms with Crippen LogP contribution in [0.1, 0.15) is 29.8 Å². The van der Waals surface area contributed by atoms with Crippen LogP contribution in [-0.2, 0) is 6.42 Å². The molecule has 0 unspecified atom stereocenters. The lowest BCUT2D eigenvalue weighted by Gasteiger charge is -2.06. The number of amides is 1. The Morgan fingerprint density at radius 3 is 2.86 bits per heavy atom. The third-order valence-electron chi connectivity index (χ3n) is 2.86. The van der Waals surface area contributed by atoms with Crippen LogP contribution in [0, 0.1) is 0 Å². The van der Waals surface area contributed by atoms with Gasteiger partial charge in [0.15, 0.2) is 0 Å². The second kappa shape index (κ2) is 7.19. The van der Waals surface area contributed by atoms with Crippen molar-refractivity contribution in [2.24, 2.45) is 5.73 Å². The Kier molecular flexibility index (Phi) is 5.30. The van der Waals surface area contributed by atoms with Gasteiger partial charge in [0.2, 0.25) is 5.82 Å². The SMILES string of the molecule is CCCc1nc(C(=O)NCCN)nn1-c1ccccc1Cl. The molecule has 1 aromatic carbocycles. The van der Waals surface area contributed by atoms with Crippen molar-refractivity contribution in [3.63, 3.8) is 0 Å². The van der Waals surface area contributed by atoms with Crippen molar-refractivity contribution >= 4 is 17.5 Å². The van der Waals surface area contributed by atoms with Crippen LogP contribution in [0.4, 0.5) is 0 Å². The van der Waals surface area contributed by atoms with Crippen LogP contribution in [-0.4, -0.2) is 33.8 Å². The van der Waals surface area contributed by atoms with Crippen LogP contribution in [0.3, 0.4) is 0 Å². The molecule has 0 radical (unpaired) electrons. The predicted octanol–water partition coefficient (Wildman–Crippen LogP) is 1.56. The highest BCUT2D eigenvalue weighted by Gasteiger charge is 2.17. The molecule has 1 amide bonds. The van der Waals surface area contributed by atoms with Crippen LogP contribution >= 0.6 is 11.6 Å². The summed E-state index contributed by atoms with van der Waals surface area (Å²) < 4.78 is 1.63. The van der Waals surface area contributed by atoms with E-state index < -0.39 is 0 Å². The topological polar surface area (TPSA) is 85.8 Å². The van der Waals surface area contributed by atoms with Crippen LogP contribution in [0.15, 0.2) is 24.3 Å². The number of nitrogens with two attached hydrogens (primary N) is 1. The number of carbonyl (C=O) groups is 1. The fraction of sp³-hybridized carbons (Fsp3) is 0.357. The summed E-state index contributed by atoms with van der Waals surface area (Å²) in [5.41, 5.74) is 6.09. The van der Waals surface area contributed by atoms with Gasteiger partial charge in [-0.1, -0.05) is 30.7 Å². The van der Waals surface area contributed by atoms with Crippen molar-refractivity contribution in [2.45, 2.75) is 19.8 Å². The largest absolute Gasteiger partial charge is 0.348 e. The molecule has 112 valence electrons. The molecule has 0 aliphatic carbocycles. The van der Waals surface area contributed by atoms with E-state index in [1.165, 1.54) is 0 Å². The molecule has 0 aliphatic heterocycles. The molecule has 6 nitrogen and oxygen atoms in total. The first-order valence-electron chi connectivity index (χ1n) is 6.86. The lowest BCUT2D eigenvalue weighted by Crippen LogP contribution is -2.29. The van der Waals surface area contributed by atoms with Crippen LogP contribution in [0.5, 0.6) is 0 Å². The Balaban J connectivity index is 2.38. The Labute approximate surface area is 128 Å². The van der Waals surface area contributed by atoms with Gasteiger partial charge in [-0.3, -0.25) is 4.79 Å². The molecule has 1 heterocycles. The van der Waals surface area contributed by atoms with Crippen molar-refractivity contribution in [3.05, 3.63) is 40.9 Å². The average Bonchev–Trinajstić information content (AvgIpc) is 2.89. The summed E-state index contributed by atoms with van der Waals surface area (Å²) in [7, 11) is 0. The summed E-state index contributed by atoms with van der Waals surface area (Å²) in [4.78, 5) is 16.3. The molecule has 21 heavy (non-hydrogen) atoms. The first kappa shape index (κ1) is 15.5. The highest BCUT2D eigenvalue weighted by atomic mass is 35.5. The minimum atomic E-state index is -0.330. The third kappa shape index (κ3) is 3.59. The van der Waals surface area contributed by atoms with E-state index in [0.717, 1.165) is 6.42 Å². The zero-order chi connectivity index (χ0) is 15.2. The number of aryl methyl sites for hydroxylation is 1. The summed E-state index contributed by atoms with van der Waals surface area (Å²) in [5.74, 6) is 0.513. The molecular formula is C14H18ClN5O. The van der Waals surface area contributed by atoms with Gasteiger partial charge in [0.25, 0.3) is 5.91 Å². The van der Waals surface area contributed by atoms with Gasteiger partial charge in [0.05, 0.1) is 10.7 Å². The van der Waals surface area contributed by atoms with Gasteiger partial charge >= 0.3 is 0 Å². The maximum absolute atomic E-state index is 12.0. The molecular weight excluding hydrogens is 290 g/mol. The third-order valence-corrected chi connectivity index (χ3v) is 3.18. The van der Waals surface area contributed by atoms with Crippen molar-refractivity contribution in [1.82, 2.24) is 20.1 Å². The summed E-state index contributed by atoms with van der Waals surface area (Å²) in [6.07, 6.45) is 1.61. The minimum Gasteiger partial charge on any atom is -0.348 e. The molecule has 0 saturated heterocycles. The molecule has 7 heteroatoms. The molecule has 0 aliphatic rings.